The van der Waals surface area contributed by atoms with Gasteiger partial charge in [0.25, 0.3) is 5.91 Å². The van der Waals surface area contributed by atoms with E-state index in [0.717, 1.165) is 44.3 Å². The topological polar surface area (TPSA) is 47.6 Å². The van der Waals surface area contributed by atoms with Gasteiger partial charge in [-0.1, -0.05) is 11.6 Å². The van der Waals surface area contributed by atoms with Gasteiger partial charge >= 0.3 is 0 Å². The molecule has 3 rings (SSSR count). The van der Waals surface area contributed by atoms with Crippen LogP contribution in [-0.4, -0.2) is 68.1 Å². The SMILES string of the molecule is CN(C)C(=O)c1ccc(N[C@H]2CCN(C3CCNCC3)C2)cc1Cl. The van der Waals surface area contributed by atoms with Gasteiger partial charge in [-0.15, -0.1) is 0 Å². The van der Waals surface area contributed by atoms with Crippen LogP contribution >= 0.6 is 11.6 Å². The van der Waals surface area contributed by atoms with Crippen molar-refractivity contribution in [2.24, 2.45) is 0 Å². The molecule has 6 heteroatoms. The summed E-state index contributed by atoms with van der Waals surface area (Å²) in [5.41, 5.74) is 1.54. The van der Waals surface area contributed by atoms with Gasteiger partial charge in [0.2, 0.25) is 0 Å². The number of nitrogens with zero attached hydrogens (tertiary/aromatic N) is 2. The van der Waals surface area contributed by atoms with E-state index in [2.05, 4.69) is 15.5 Å². The highest BCUT2D eigenvalue weighted by atomic mass is 35.5. The number of rotatable bonds is 4. The van der Waals surface area contributed by atoms with E-state index >= 15 is 0 Å². The molecule has 2 saturated heterocycles. The molecule has 2 aliphatic heterocycles. The summed E-state index contributed by atoms with van der Waals surface area (Å²) in [5, 5.41) is 7.52. The normalized spacial score (nSPS) is 22.5. The van der Waals surface area contributed by atoms with Gasteiger partial charge in [-0.2, -0.15) is 0 Å². The molecule has 0 aromatic heterocycles. The zero-order valence-corrected chi connectivity index (χ0v) is 15.3. The Balaban J connectivity index is 1.58. The third-order valence-corrected chi connectivity index (χ3v) is 5.33. The number of amides is 1. The van der Waals surface area contributed by atoms with Crippen LogP contribution in [0.15, 0.2) is 18.2 Å². The molecule has 0 unspecified atom stereocenters. The van der Waals surface area contributed by atoms with Crippen LogP contribution in [0.2, 0.25) is 5.02 Å². The first-order valence-corrected chi connectivity index (χ1v) is 9.15. The van der Waals surface area contributed by atoms with Gasteiger partial charge in [-0.3, -0.25) is 9.69 Å². The Morgan fingerprint density at radius 2 is 2.04 bits per heavy atom. The molecule has 24 heavy (non-hydrogen) atoms. The van der Waals surface area contributed by atoms with Crippen molar-refractivity contribution < 1.29 is 4.79 Å². The first-order valence-electron chi connectivity index (χ1n) is 8.77. The molecule has 2 aliphatic rings. The summed E-state index contributed by atoms with van der Waals surface area (Å²) in [7, 11) is 3.47. The predicted molar refractivity (Wildman–Crippen MR) is 99.0 cm³/mol. The first-order chi connectivity index (χ1) is 11.5. The van der Waals surface area contributed by atoms with Crippen LogP contribution in [0, 0.1) is 0 Å². The minimum atomic E-state index is -0.0653. The second-order valence-corrected chi connectivity index (χ2v) is 7.41. The lowest BCUT2D eigenvalue weighted by Crippen LogP contribution is -2.42. The fourth-order valence-corrected chi connectivity index (χ4v) is 3.92. The summed E-state index contributed by atoms with van der Waals surface area (Å²) >= 11 is 6.30. The standard InChI is InChI=1S/C18H27ClN4O/c1-22(2)18(24)16-4-3-13(11-17(16)19)21-14-7-10-23(12-14)15-5-8-20-9-6-15/h3-4,11,14-15,20-21H,5-10,12H2,1-2H3/t14-/m0/s1. The molecule has 0 bridgehead atoms. The minimum absolute atomic E-state index is 0.0653. The Kier molecular flexibility index (Phi) is 5.64. The van der Waals surface area contributed by atoms with Gasteiger partial charge < -0.3 is 15.5 Å². The van der Waals surface area contributed by atoms with Crippen LogP contribution in [0.25, 0.3) is 0 Å². The average Bonchev–Trinajstić information content (AvgIpc) is 3.03. The number of likely N-dealkylation sites (tertiary alicyclic amines) is 1. The molecule has 5 nitrogen and oxygen atoms in total. The van der Waals surface area contributed by atoms with E-state index in [-0.39, 0.29) is 5.91 Å². The largest absolute Gasteiger partial charge is 0.381 e. The number of carbonyl (C=O) groups is 1. The molecule has 132 valence electrons. The van der Waals surface area contributed by atoms with E-state index in [1.807, 2.05) is 18.2 Å². The average molecular weight is 351 g/mol. The van der Waals surface area contributed by atoms with Crippen LogP contribution < -0.4 is 10.6 Å². The molecule has 2 heterocycles. The third kappa shape index (κ3) is 4.02. The second-order valence-electron chi connectivity index (χ2n) is 7.00. The highest BCUT2D eigenvalue weighted by Crippen LogP contribution is 2.25. The second kappa shape index (κ2) is 7.72. The fraction of sp³-hybridized carbons (Fsp3) is 0.611. The van der Waals surface area contributed by atoms with Gasteiger partial charge in [-0.05, 0) is 50.6 Å². The maximum Gasteiger partial charge on any atom is 0.254 e. The van der Waals surface area contributed by atoms with E-state index < -0.39 is 0 Å². The molecule has 0 aliphatic carbocycles. The minimum Gasteiger partial charge on any atom is -0.381 e. The summed E-state index contributed by atoms with van der Waals surface area (Å²) in [6.45, 7) is 4.51. The van der Waals surface area contributed by atoms with E-state index in [1.54, 1.807) is 19.0 Å². The maximum absolute atomic E-state index is 12.0. The molecular weight excluding hydrogens is 324 g/mol. The number of halogens is 1. The highest BCUT2D eigenvalue weighted by Gasteiger charge is 2.29. The van der Waals surface area contributed by atoms with Crippen LogP contribution in [0.3, 0.4) is 0 Å². The maximum atomic E-state index is 12.0. The van der Waals surface area contributed by atoms with Crippen molar-refractivity contribution >= 4 is 23.2 Å². The van der Waals surface area contributed by atoms with Crippen molar-refractivity contribution in [3.63, 3.8) is 0 Å². The zero-order chi connectivity index (χ0) is 17.1. The van der Waals surface area contributed by atoms with E-state index in [9.17, 15) is 4.79 Å². The van der Waals surface area contributed by atoms with Crippen molar-refractivity contribution in [2.75, 3.05) is 45.6 Å². The van der Waals surface area contributed by atoms with Gasteiger partial charge in [0.1, 0.15) is 0 Å². The zero-order valence-electron chi connectivity index (χ0n) is 14.5. The Morgan fingerprint density at radius 3 is 2.71 bits per heavy atom. The first kappa shape index (κ1) is 17.5. The van der Waals surface area contributed by atoms with Crippen molar-refractivity contribution in [3.05, 3.63) is 28.8 Å². The van der Waals surface area contributed by atoms with Crippen LogP contribution in [0.1, 0.15) is 29.6 Å². The Labute approximate surface area is 149 Å². The van der Waals surface area contributed by atoms with Crippen molar-refractivity contribution in [3.8, 4) is 0 Å². The Hall–Kier alpha value is -1.30. The summed E-state index contributed by atoms with van der Waals surface area (Å²) < 4.78 is 0. The predicted octanol–water partition coefficient (Wildman–Crippen LogP) is 2.28. The summed E-state index contributed by atoms with van der Waals surface area (Å²) in [4.78, 5) is 16.2. The lowest BCUT2D eigenvalue weighted by molar-refractivity contribution is 0.0828. The molecule has 1 aromatic rings. The number of hydrogen-bond donors (Lipinski definition) is 2. The van der Waals surface area contributed by atoms with Crippen molar-refractivity contribution in [1.82, 2.24) is 15.1 Å². The van der Waals surface area contributed by atoms with Crippen molar-refractivity contribution in [1.29, 1.82) is 0 Å². The molecule has 0 saturated carbocycles. The number of anilines is 1. The number of carbonyl (C=O) groups excluding carboxylic acids is 1. The number of hydrogen-bond acceptors (Lipinski definition) is 4. The summed E-state index contributed by atoms with van der Waals surface area (Å²) in [6, 6.07) is 6.81. The third-order valence-electron chi connectivity index (χ3n) is 5.02. The van der Waals surface area contributed by atoms with E-state index in [0.29, 0.717) is 16.6 Å². The summed E-state index contributed by atoms with van der Waals surface area (Å²) in [6.07, 6.45) is 3.65. The molecule has 1 atom stereocenters. The monoisotopic (exact) mass is 350 g/mol. The van der Waals surface area contributed by atoms with Crippen LogP contribution in [-0.2, 0) is 0 Å². The van der Waals surface area contributed by atoms with Crippen molar-refractivity contribution in [2.45, 2.75) is 31.3 Å². The Bertz CT molecular complexity index is 586. The number of benzene rings is 1. The lowest BCUT2D eigenvalue weighted by Gasteiger charge is -2.31. The van der Waals surface area contributed by atoms with E-state index in [4.69, 9.17) is 11.6 Å². The lowest BCUT2D eigenvalue weighted by atomic mass is 10.1. The molecular formula is C18H27ClN4O. The van der Waals surface area contributed by atoms with Gasteiger partial charge in [0.15, 0.2) is 0 Å². The van der Waals surface area contributed by atoms with E-state index in [1.165, 1.54) is 12.8 Å². The van der Waals surface area contributed by atoms with Gasteiger partial charge in [-0.25, -0.2) is 0 Å². The number of nitrogens with one attached hydrogen (secondary N) is 2. The Morgan fingerprint density at radius 1 is 1.29 bits per heavy atom. The molecule has 0 radical (unpaired) electrons. The fourth-order valence-electron chi connectivity index (χ4n) is 3.66. The van der Waals surface area contributed by atoms with Crippen LogP contribution in [0.4, 0.5) is 5.69 Å². The van der Waals surface area contributed by atoms with Crippen LogP contribution in [0.5, 0.6) is 0 Å². The molecule has 2 fully saturated rings. The molecule has 1 aromatic carbocycles. The molecule has 1 amide bonds. The quantitative estimate of drug-likeness (QED) is 0.874. The number of piperidine rings is 1. The molecule has 0 spiro atoms. The van der Waals surface area contributed by atoms with Gasteiger partial charge in [0, 0.05) is 45.0 Å². The smallest absolute Gasteiger partial charge is 0.254 e. The highest BCUT2D eigenvalue weighted by molar-refractivity contribution is 6.34. The molecule has 2 N–H and O–H groups in total. The van der Waals surface area contributed by atoms with Gasteiger partial charge in [0.05, 0.1) is 10.6 Å². The summed E-state index contributed by atoms with van der Waals surface area (Å²) in [5.74, 6) is -0.0653.